The number of amidine groups is 1. The van der Waals surface area contributed by atoms with E-state index < -0.39 is 0 Å². The lowest BCUT2D eigenvalue weighted by atomic mass is 9.53. The van der Waals surface area contributed by atoms with Crippen LogP contribution in [0.2, 0.25) is 0 Å². The molecule has 8 saturated carbocycles. The molecule has 0 aliphatic heterocycles. The zero-order valence-electron chi connectivity index (χ0n) is 16.3. The molecule has 0 aromatic carbocycles. The van der Waals surface area contributed by atoms with E-state index in [9.17, 15) is 4.79 Å². The second-order valence-electron chi connectivity index (χ2n) is 11.3. The van der Waals surface area contributed by atoms with E-state index in [1.165, 1.54) is 88.8 Å². The summed E-state index contributed by atoms with van der Waals surface area (Å²) < 4.78 is 0. The molecule has 8 fully saturated rings. The van der Waals surface area contributed by atoms with Gasteiger partial charge in [0.2, 0.25) is 0 Å². The van der Waals surface area contributed by atoms with Crippen LogP contribution in [0, 0.1) is 35.5 Å². The van der Waals surface area contributed by atoms with Crippen LogP contribution >= 0.6 is 11.8 Å². The maximum absolute atomic E-state index is 12.8. The summed E-state index contributed by atoms with van der Waals surface area (Å²) >= 11 is 1.18. The number of carbonyl (C=O) groups is 1. The molecule has 8 bridgehead atoms. The normalized spacial score (nSPS) is 52.4. The Morgan fingerprint density at radius 3 is 1.63 bits per heavy atom. The van der Waals surface area contributed by atoms with Gasteiger partial charge >= 0.3 is 0 Å². The summed E-state index contributed by atoms with van der Waals surface area (Å²) in [6.07, 6.45) is 15.6. The van der Waals surface area contributed by atoms with Gasteiger partial charge in [-0.2, -0.15) is 0 Å². The van der Waals surface area contributed by atoms with Gasteiger partial charge in [0.1, 0.15) is 0 Å². The molecule has 148 valence electrons. The van der Waals surface area contributed by atoms with Crippen molar-refractivity contribution in [2.45, 2.75) is 88.1 Å². The number of nitrogens with one attached hydrogen (secondary N) is 1. The van der Waals surface area contributed by atoms with Crippen LogP contribution < -0.4 is 11.1 Å². The highest BCUT2D eigenvalue weighted by atomic mass is 32.2. The second kappa shape index (κ2) is 5.90. The van der Waals surface area contributed by atoms with Crippen LogP contribution in [-0.2, 0) is 0 Å². The zero-order chi connectivity index (χ0) is 18.2. The molecule has 8 rings (SSSR count). The molecule has 3 N–H and O–H groups in total. The van der Waals surface area contributed by atoms with Crippen molar-refractivity contribution in [3.05, 3.63) is 0 Å². The average Bonchev–Trinajstić information content (AvgIpc) is 2.50. The number of hydrogen-bond donors (Lipinski definition) is 2. The predicted octanol–water partition coefficient (Wildman–Crippen LogP) is 4.68. The van der Waals surface area contributed by atoms with Crippen molar-refractivity contribution in [1.82, 2.24) is 5.32 Å². The quantitative estimate of drug-likeness (QED) is 0.534. The fourth-order valence-corrected chi connectivity index (χ4v) is 9.76. The minimum Gasteiger partial charge on any atom is -0.378 e. The van der Waals surface area contributed by atoms with E-state index in [-0.39, 0.29) is 16.3 Å². The number of aliphatic imine (C=N–C) groups is 1. The van der Waals surface area contributed by atoms with Gasteiger partial charge in [-0.1, -0.05) is 0 Å². The minimum absolute atomic E-state index is 0.0444. The lowest BCUT2D eigenvalue weighted by molar-refractivity contribution is -0.0119. The number of amides is 1. The second-order valence-corrected chi connectivity index (χ2v) is 12.3. The van der Waals surface area contributed by atoms with Gasteiger partial charge in [-0.15, -0.1) is 0 Å². The first-order valence-electron chi connectivity index (χ1n) is 11.3. The van der Waals surface area contributed by atoms with Crippen molar-refractivity contribution in [3.8, 4) is 0 Å². The molecule has 4 nitrogen and oxygen atoms in total. The molecule has 5 heteroatoms. The van der Waals surface area contributed by atoms with Crippen LogP contribution in [0.15, 0.2) is 4.99 Å². The van der Waals surface area contributed by atoms with Gasteiger partial charge in [0.25, 0.3) is 5.24 Å². The molecule has 27 heavy (non-hydrogen) atoms. The Morgan fingerprint density at radius 2 is 1.19 bits per heavy atom. The van der Waals surface area contributed by atoms with E-state index in [4.69, 9.17) is 10.7 Å². The minimum atomic E-state index is 0.0444. The summed E-state index contributed by atoms with van der Waals surface area (Å²) in [6, 6.07) is 0. The maximum Gasteiger partial charge on any atom is 0.287 e. The molecule has 1 amide bonds. The zero-order valence-corrected chi connectivity index (χ0v) is 17.1. The Kier molecular flexibility index (Phi) is 3.75. The van der Waals surface area contributed by atoms with E-state index in [0.29, 0.717) is 5.17 Å². The Bertz CT molecular complexity index is 616. The lowest BCUT2D eigenvalue weighted by Gasteiger charge is -2.56. The number of hydrogen-bond acceptors (Lipinski definition) is 3. The first kappa shape index (κ1) is 17.2. The number of rotatable bonds is 2. The number of thioether (sulfide) groups is 1. The van der Waals surface area contributed by atoms with E-state index in [1.54, 1.807) is 0 Å². The topological polar surface area (TPSA) is 67.5 Å². The monoisotopic (exact) mass is 387 g/mol. The Hall–Kier alpha value is -0.710. The smallest absolute Gasteiger partial charge is 0.287 e. The van der Waals surface area contributed by atoms with Gasteiger partial charge in [0.05, 0.1) is 5.54 Å². The van der Waals surface area contributed by atoms with Gasteiger partial charge in [0.15, 0.2) is 5.17 Å². The van der Waals surface area contributed by atoms with Crippen molar-refractivity contribution >= 4 is 22.2 Å². The third-order valence-corrected chi connectivity index (χ3v) is 9.54. The Labute approximate surface area is 166 Å². The number of nitrogens with two attached hydrogens (primary N) is 1. The number of carbonyl (C=O) groups excluding carboxylic acids is 1. The molecule has 0 unspecified atom stereocenters. The molecule has 0 aromatic rings. The highest BCUT2D eigenvalue weighted by molar-refractivity contribution is 8.26. The van der Waals surface area contributed by atoms with Crippen LogP contribution in [0.5, 0.6) is 0 Å². The van der Waals surface area contributed by atoms with Crippen LogP contribution in [-0.4, -0.2) is 21.5 Å². The summed E-state index contributed by atoms with van der Waals surface area (Å²) in [4.78, 5) is 17.8. The Balaban J connectivity index is 1.13. The number of nitrogens with zero attached hydrogens (tertiary/aromatic N) is 1. The lowest BCUT2D eigenvalue weighted by Crippen LogP contribution is -2.59. The predicted molar refractivity (Wildman–Crippen MR) is 110 cm³/mol. The first-order chi connectivity index (χ1) is 13.0. The molecule has 0 saturated heterocycles. The van der Waals surface area contributed by atoms with Crippen molar-refractivity contribution in [3.63, 3.8) is 0 Å². The molecular weight excluding hydrogens is 354 g/mol. The van der Waals surface area contributed by atoms with E-state index in [1.807, 2.05) is 0 Å². The van der Waals surface area contributed by atoms with Crippen molar-refractivity contribution < 1.29 is 4.79 Å². The van der Waals surface area contributed by atoms with Crippen LogP contribution in [0.25, 0.3) is 0 Å². The molecule has 0 heterocycles. The summed E-state index contributed by atoms with van der Waals surface area (Å²) in [5, 5.41) is 3.98. The molecular formula is C22H33N3OS. The Morgan fingerprint density at radius 1 is 0.778 bits per heavy atom. The van der Waals surface area contributed by atoms with Crippen LogP contribution in [0.1, 0.15) is 77.0 Å². The van der Waals surface area contributed by atoms with Gasteiger partial charge < -0.3 is 11.1 Å². The van der Waals surface area contributed by atoms with Crippen molar-refractivity contribution in [2.75, 3.05) is 0 Å². The van der Waals surface area contributed by atoms with Crippen LogP contribution in [0.3, 0.4) is 0 Å². The van der Waals surface area contributed by atoms with Gasteiger partial charge in [-0.25, -0.2) is 0 Å². The van der Waals surface area contributed by atoms with Crippen molar-refractivity contribution in [2.24, 2.45) is 46.2 Å². The molecule has 0 atom stereocenters. The van der Waals surface area contributed by atoms with E-state index in [0.717, 1.165) is 35.5 Å². The van der Waals surface area contributed by atoms with Gasteiger partial charge in [-0.3, -0.25) is 9.79 Å². The fourth-order valence-electron chi connectivity index (χ4n) is 9.06. The highest BCUT2D eigenvalue weighted by Gasteiger charge is 2.52. The van der Waals surface area contributed by atoms with E-state index in [2.05, 4.69) is 5.32 Å². The summed E-state index contributed by atoms with van der Waals surface area (Å²) in [5.41, 5.74) is 6.45. The summed E-state index contributed by atoms with van der Waals surface area (Å²) in [6.45, 7) is 0. The highest BCUT2D eigenvalue weighted by Crippen LogP contribution is 2.58. The molecule has 0 spiro atoms. The first-order valence-corrected chi connectivity index (χ1v) is 12.1. The van der Waals surface area contributed by atoms with Crippen molar-refractivity contribution in [1.29, 1.82) is 0 Å². The summed E-state index contributed by atoms with van der Waals surface area (Å²) in [5.74, 6) is 5.12. The van der Waals surface area contributed by atoms with E-state index >= 15 is 0 Å². The molecule has 0 aromatic heterocycles. The third-order valence-electron chi connectivity index (χ3n) is 8.96. The maximum atomic E-state index is 12.8. The molecule has 8 aliphatic rings. The van der Waals surface area contributed by atoms with Gasteiger partial charge in [0, 0.05) is 17.3 Å². The third kappa shape index (κ3) is 3.03. The molecule has 8 aliphatic carbocycles. The summed E-state index contributed by atoms with van der Waals surface area (Å²) in [7, 11) is 0. The largest absolute Gasteiger partial charge is 0.378 e. The standard InChI is InChI=1S/C22H33N3OS/c23-19(24-21-7-13-1-14(8-21)3-15(2-13)9-21)27-20(26)25-22-10-16-4-17(11-22)6-18(5-16)12-22/h13-18H,1-12H2,(H2,23,24)(H,25,26). The SMILES string of the molecule is NC(=NC12CC3CC(CC(C3)C1)C2)SC(=O)NC12CC3CC(CC(C3)C1)C2. The van der Waals surface area contributed by atoms with Gasteiger partial charge in [-0.05, 0) is 113 Å². The fraction of sp³-hybridized carbons (Fsp3) is 0.909. The molecule has 0 radical (unpaired) electrons. The van der Waals surface area contributed by atoms with Crippen LogP contribution in [0.4, 0.5) is 4.79 Å². The average molecular weight is 388 g/mol.